The van der Waals surface area contributed by atoms with Gasteiger partial charge in [-0.05, 0) is 29.5 Å². The summed E-state index contributed by atoms with van der Waals surface area (Å²) in [5, 5.41) is 0. The highest BCUT2D eigenvalue weighted by molar-refractivity contribution is 5.22. The number of hydrogen-bond donors (Lipinski definition) is 0. The normalized spacial score (nSPS) is 20.3. The molecule has 26 heavy (non-hydrogen) atoms. The SMILES string of the molecule is c1ccc(CC[C@H]2OC[C@@H](c3ccccc3)N2Cc2ccccc2)cc1. The van der Waals surface area contributed by atoms with Gasteiger partial charge in [0.15, 0.2) is 0 Å². The third kappa shape index (κ3) is 4.04. The molecule has 132 valence electrons. The molecule has 1 saturated heterocycles. The van der Waals surface area contributed by atoms with Gasteiger partial charge in [-0.2, -0.15) is 0 Å². The monoisotopic (exact) mass is 343 g/mol. The summed E-state index contributed by atoms with van der Waals surface area (Å²) in [5.74, 6) is 0. The predicted octanol–water partition coefficient (Wildman–Crippen LogP) is 5.22. The van der Waals surface area contributed by atoms with Crippen molar-refractivity contribution in [2.45, 2.75) is 31.7 Å². The van der Waals surface area contributed by atoms with Gasteiger partial charge in [-0.1, -0.05) is 91.0 Å². The zero-order valence-corrected chi connectivity index (χ0v) is 15.0. The fraction of sp³-hybridized carbons (Fsp3) is 0.250. The van der Waals surface area contributed by atoms with Crippen LogP contribution in [0, 0.1) is 0 Å². The molecule has 3 aromatic carbocycles. The van der Waals surface area contributed by atoms with Crippen LogP contribution in [0.1, 0.15) is 29.2 Å². The van der Waals surface area contributed by atoms with Crippen LogP contribution in [0.3, 0.4) is 0 Å². The molecule has 0 spiro atoms. The van der Waals surface area contributed by atoms with Gasteiger partial charge < -0.3 is 4.74 Å². The Bertz CT molecular complexity index is 788. The molecular weight excluding hydrogens is 318 g/mol. The second-order valence-electron chi connectivity index (χ2n) is 6.90. The first-order valence-electron chi connectivity index (χ1n) is 9.40. The van der Waals surface area contributed by atoms with E-state index in [9.17, 15) is 0 Å². The summed E-state index contributed by atoms with van der Waals surface area (Å²) >= 11 is 0. The number of aryl methyl sites for hydroxylation is 1. The zero-order valence-electron chi connectivity index (χ0n) is 15.0. The third-order valence-electron chi connectivity index (χ3n) is 5.13. The van der Waals surface area contributed by atoms with Crippen LogP contribution in [-0.4, -0.2) is 17.7 Å². The Hall–Kier alpha value is -2.42. The molecule has 1 heterocycles. The van der Waals surface area contributed by atoms with Crippen LogP contribution in [0.4, 0.5) is 0 Å². The standard InChI is InChI=1S/C24H25NO/c1-4-10-20(11-5-1)16-17-24-25(18-21-12-6-2-7-13-21)23(19-26-24)22-14-8-3-9-15-22/h1-15,23-24H,16-19H2/t23-,24+/m0/s1. The Labute approximate surface area is 156 Å². The maximum Gasteiger partial charge on any atom is 0.111 e. The van der Waals surface area contributed by atoms with Gasteiger partial charge in [0.25, 0.3) is 0 Å². The number of rotatable bonds is 6. The Morgan fingerprint density at radius 2 is 1.31 bits per heavy atom. The van der Waals surface area contributed by atoms with E-state index in [0.717, 1.165) is 26.0 Å². The maximum atomic E-state index is 6.25. The Kier molecular flexibility index (Phi) is 5.44. The van der Waals surface area contributed by atoms with E-state index in [1.165, 1.54) is 16.7 Å². The van der Waals surface area contributed by atoms with Crippen molar-refractivity contribution < 1.29 is 4.74 Å². The highest BCUT2D eigenvalue weighted by Crippen LogP contribution is 2.33. The fourth-order valence-electron chi connectivity index (χ4n) is 3.75. The lowest BCUT2D eigenvalue weighted by Crippen LogP contribution is -2.32. The highest BCUT2D eigenvalue weighted by atomic mass is 16.5. The second-order valence-corrected chi connectivity index (χ2v) is 6.90. The summed E-state index contributed by atoms with van der Waals surface area (Å²) in [7, 11) is 0. The molecule has 1 aliphatic rings. The molecule has 0 N–H and O–H groups in total. The fourth-order valence-corrected chi connectivity index (χ4v) is 3.75. The average molecular weight is 343 g/mol. The molecule has 0 unspecified atom stereocenters. The summed E-state index contributed by atoms with van der Waals surface area (Å²) in [5.41, 5.74) is 4.05. The molecule has 2 nitrogen and oxygen atoms in total. The van der Waals surface area contributed by atoms with Crippen molar-refractivity contribution in [1.82, 2.24) is 4.90 Å². The highest BCUT2D eigenvalue weighted by Gasteiger charge is 2.34. The van der Waals surface area contributed by atoms with E-state index in [-0.39, 0.29) is 6.23 Å². The van der Waals surface area contributed by atoms with Crippen LogP contribution in [0.15, 0.2) is 91.0 Å². The minimum absolute atomic E-state index is 0.153. The van der Waals surface area contributed by atoms with Crippen molar-refractivity contribution in [3.05, 3.63) is 108 Å². The van der Waals surface area contributed by atoms with Crippen molar-refractivity contribution in [1.29, 1.82) is 0 Å². The van der Waals surface area contributed by atoms with Gasteiger partial charge in [0, 0.05) is 6.54 Å². The molecule has 0 aliphatic carbocycles. The van der Waals surface area contributed by atoms with Crippen LogP contribution in [0.5, 0.6) is 0 Å². The lowest BCUT2D eigenvalue weighted by atomic mass is 10.0. The predicted molar refractivity (Wildman–Crippen MR) is 106 cm³/mol. The molecule has 1 aliphatic heterocycles. The van der Waals surface area contributed by atoms with Crippen LogP contribution >= 0.6 is 0 Å². The van der Waals surface area contributed by atoms with Gasteiger partial charge in [0.2, 0.25) is 0 Å². The van der Waals surface area contributed by atoms with E-state index < -0.39 is 0 Å². The molecule has 0 saturated carbocycles. The third-order valence-corrected chi connectivity index (χ3v) is 5.13. The van der Waals surface area contributed by atoms with Crippen LogP contribution in [-0.2, 0) is 17.7 Å². The van der Waals surface area contributed by atoms with Crippen molar-refractivity contribution in [2.75, 3.05) is 6.61 Å². The first-order valence-corrected chi connectivity index (χ1v) is 9.40. The van der Waals surface area contributed by atoms with E-state index in [1.54, 1.807) is 0 Å². The second kappa shape index (κ2) is 8.31. The summed E-state index contributed by atoms with van der Waals surface area (Å²) < 4.78 is 6.25. The topological polar surface area (TPSA) is 12.5 Å². The quantitative estimate of drug-likeness (QED) is 0.608. The van der Waals surface area contributed by atoms with E-state index in [2.05, 4.69) is 95.9 Å². The molecule has 0 amide bonds. The Balaban J connectivity index is 1.52. The lowest BCUT2D eigenvalue weighted by Gasteiger charge is -2.28. The molecule has 1 fully saturated rings. The number of nitrogens with zero attached hydrogens (tertiary/aromatic N) is 1. The zero-order chi connectivity index (χ0) is 17.6. The Morgan fingerprint density at radius 3 is 1.96 bits per heavy atom. The van der Waals surface area contributed by atoms with Crippen molar-refractivity contribution in [3.63, 3.8) is 0 Å². The first-order chi connectivity index (χ1) is 12.9. The lowest BCUT2D eigenvalue weighted by molar-refractivity contribution is 0.0198. The van der Waals surface area contributed by atoms with Gasteiger partial charge in [0.1, 0.15) is 6.23 Å². The van der Waals surface area contributed by atoms with Gasteiger partial charge in [-0.3, -0.25) is 4.90 Å². The smallest absolute Gasteiger partial charge is 0.111 e. The van der Waals surface area contributed by atoms with Crippen molar-refractivity contribution in [2.24, 2.45) is 0 Å². The largest absolute Gasteiger partial charge is 0.361 e. The molecular formula is C24H25NO. The number of ether oxygens (including phenoxy) is 1. The summed E-state index contributed by atoms with van der Waals surface area (Å²) in [6.07, 6.45) is 2.21. The maximum absolute atomic E-state index is 6.25. The van der Waals surface area contributed by atoms with E-state index >= 15 is 0 Å². The minimum atomic E-state index is 0.153. The number of benzene rings is 3. The van der Waals surface area contributed by atoms with Gasteiger partial charge in [0.05, 0.1) is 12.6 Å². The van der Waals surface area contributed by atoms with E-state index in [0.29, 0.717) is 6.04 Å². The average Bonchev–Trinajstić information content (AvgIpc) is 3.11. The Morgan fingerprint density at radius 1 is 0.731 bits per heavy atom. The van der Waals surface area contributed by atoms with Crippen molar-refractivity contribution >= 4 is 0 Å². The van der Waals surface area contributed by atoms with Gasteiger partial charge in [-0.25, -0.2) is 0 Å². The van der Waals surface area contributed by atoms with Crippen LogP contribution < -0.4 is 0 Å². The molecule has 4 rings (SSSR count). The molecule has 0 bridgehead atoms. The van der Waals surface area contributed by atoms with E-state index in [1.807, 2.05) is 0 Å². The molecule has 0 radical (unpaired) electrons. The van der Waals surface area contributed by atoms with Crippen LogP contribution in [0.25, 0.3) is 0 Å². The number of hydrogen-bond acceptors (Lipinski definition) is 2. The summed E-state index contributed by atoms with van der Waals surface area (Å²) in [4.78, 5) is 2.52. The summed E-state index contributed by atoms with van der Waals surface area (Å²) in [6, 6.07) is 32.5. The summed E-state index contributed by atoms with van der Waals surface area (Å²) in [6.45, 7) is 1.68. The molecule has 2 heteroatoms. The molecule has 0 aromatic heterocycles. The van der Waals surface area contributed by atoms with Crippen LogP contribution in [0.2, 0.25) is 0 Å². The first kappa shape index (κ1) is 17.0. The van der Waals surface area contributed by atoms with Gasteiger partial charge >= 0.3 is 0 Å². The van der Waals surface area contributed by atoms with E-state index in [4.69, 9.17) is 4.74 Å². The van der Waals surface area contributed by atoms with Gasteiger partial charge in [-0.15, -0.1) is 0 Å². The van der Waals surface area contributed by atoms with Crippen molar-refractivity contribution in [3.8, 4) is 0 Å². The minimum Gasteiger partial charge on any atom is -0.361 e. The molecule has 3 aromatic rings. The molecule has 2 atom stereocenters.